The van der Waals surface area contributed by atoms with Gasteiger partial charge in [0.15, 0.2) is 0 Å². The molecular weight excluding hydrogens is 512 g/mol. The number of benzene rings is 2. The Labute approximate surface area is 237 Å². The van der Waals surface area contributed by atoms with Crippen LogP contribution in [0, 0.1) is 0 Å². The largest absolute Gasteiger partial charge is 0.368 e. The van der Waals surface area contributed by atoms with Crippen LogP contribution < -0.4 is 10.2 Å². The lowest BCUT2D eigenvalue weighted by molar-refractivity contribution is -0.115. The van der Waals surface area contributed by atoms with Crippen LogP contribution >= 0.6 is 0 Å². The predicted molar refractivity (Wildman–Crippen MR) is 163 cm³/mol. The summed E-state index contributed by atoms with van der Waals surface area (Å²) < 4.78 is 0. The number of carbonyl (C=O) groups is 1. The maximum absolute atomic E-state index is 12.6. The van der Waals surface area contributed by atoms with Crippen LogP contribution in [0.2, 0.25) is 0 Å². The van der Waals surface area contributed by atoms with E-state index in [2.05, 4.69) is 66.6 Å². The number of fused-ring (bicyclic) bond motifs is 2. The normalized spacial score (nSPS) is 14.1. The van der Waals surface area contributed by atoms with Crippen LogP contribution in [0.4, 0.5) is 11.4 Å². The van der Waals surface area contributed by atoms with Crippen LogP contribution in [-0.4, -0.2) is 69.2 Å². The van der Waals surface area contributed by atoms with E-state index in [0.29, 0.717) is 12.1 Å². The van der Waals surface area contributed by atoms with Crippen LogP contribution in [0.1, 0.15) is 5.56 Å². The van der Waals surface area contributed by atoms with E-state index < -0.39 is 0 Å². The molecule has 0 spiro atoms. The van der Waals surface area contributed by atoms with Crippen LogP contribution in [0.15, 0.2) is 85.2 Å². The van der Waals surface area contributed by atoms with Gasteiger partial charge in [-0.2, -0.15) is 5.10 Å². The van der Waals surface area contributed by atoms with E-state index in [0.717, 1.165) is 70.9 Å². The molecule has 0 atom stereocenters. The third kappa shape index (κ3) is 5.03. The molecule has 7 rings (SSSR count). The summed E-state index contributed by atoms with van der Waals surface area (Å²) in [4.78, 5) is 30.3. The third-order valence-electron chi connectivity index (χ3n) is 7.67. The molecule has 4 aromatic heterocycles. The van der Waals surface area contributed by atoms with E-state index in [9.17, 15) is 4.79 Å². The number of hydrogen-bond acceptors (Lipinski definition) is 6. The van der Waals surface area contributed by atoms with E-state index in [1.807, 2.05) is 48.5 Å². The Balaban J connectivity index is 1.18. The molecule has 3 N–H and O–H groups in total. The van der Waals surface area contributed by atoms with Crippen molar-refractivity contribution >= 4 is 39.2 Å². The number of anilines is 2. The van der Waals surface area contributed by atoms with Gasteiger partial charge in [0.05, 0.1) is 35.2 Å². The second-order valence-corrected chi connectivity index (χ2v) is 10.5. The Morgan fingerprint density at radius 2 is 1.78 bits per heavy atom. The van der Waals surface area contributed by atoms with Gasteiger partial charge in [0.2, 0.25) is 5.91 Å². The highest BCUT2D eigenvalue weighted by molar-refractivity contribution is 5.99. The molecule has 2 aromatic carbocycles. The highest BCUT2D eigenvalue weighted by Crippen LogP contribution is 2.34. The topological polar surface area (TPSA) is 106 Å². The molecule has 0 radical (unpaired) electrons. The number of carbonyl (C=O) groups excluding carboxylic acids is 1. The number of H-pyrrole nitrogens is 2. The molecule has 0 aliphatic carbocycles. The maximum Gasteiger partial charge on any atom is 0.228 e. The Morgan fingerprint density at radius 1 is 0.927 bits per heavy atom. The van der Waals surface area contributed by atoms with Crippen LogP contribution in [0.25, 0.3) is 44.6 Å². The molecule has 9 heteroatoms. The molecule has 0 unspecified atom stereocenters. The van der Waals surface area contributed by atoms with Gasteiger partial charge in [-0.3, -0.25) is 14.9 Å². The van der Waals surface area contributed by atoms with Crippen molar-refractivity contribution in [2.45, 2.75) is 6.42 Å². The first-order valence-corrected chi connectivity index (χ1v) is 13.8. The molecule has 1 saturated heterocycles. The predicted octanol–water partition coefficient (Wildman–Crippen LogP) is 5.10. The van der Waals surface area contributed by atoms with Crippen molar-refractivity contribution in [1.82, 2.24) is 30.0 Å². The van der Waals surface area contributed by atoms with Gasteiger partial charge in [0.25, 0.3) is 0 Å². The summed E-state index contributed by atoms with van der Waals surface area (Å²) in [6, 6.07) is 24.1. The average Bonchev–Trinajstić information content (AvgIpc) is 3.62. The van der Waals surface area contributed by atoms with E-state index >= 15 is 0 Å². The summed E-state index contributed by atoms with van der Waals surface area (Å²) in [5, 5.41) is 11.9. The van der Waals surface area contributed by atoms with Gasteiger partial charge in [-0.25, -0.2) is 4.98 Å². The van der Waals surface area contributed by atoms with Gasteiger partial charge >= 0.3 is 0 Å². The molecule has 1 aliphatic heterocycles. The quantitative estimate of drug-likeness (QED) is 0.270. The monoisotopic (exact) mass is 542 g/mol. The fourth-order valence-electron chi connectivity index (χ4n) is 5.47. The summed E-state index contributed by atoms with van der Waals surface area (Å²) in [6.07, 6.45) is 3.71. The standard InChI is InChI=1S/C32H30N8O/c1-39-12-14-40(15-13-39)29-9-5-8-26-24(29)18-28(35-26)32-31-27(37-38-32)11-10-25(36-31)22-17-23(20-33-19-22)34-30(41)16-21-6-3-2-4-7-21/h2-11,17-20,35H,12-16H2,1H3,(H,34,41)(H,37,38). The highest BCUT2D eigenvalue weighted by atomic mass is 16.1. The average molecular weight is 543 g/mol. The smallest absolute Gasteiger partial charge is 0.228 e. The first-order chi connectivity index (χ1) is 20.1. The molecule has 9 nitrogen and oxygen atoms in total. The first kappa shape index (κ1) is 25.0. The number of nitrogens with one attached hydrogen (secondary N) is 3. The maximum atomic E-state index is 12.6. The second kappa shape index (κ2) is 10.5. The van der Waals surface area contributed by atoms with Crippen molar-refractivity contribution in [3.05, 3.63) is 90.8 Å². The Bertz CT molecular complexity index is 1850. The van der Waals surface area contributed by atoms with Crippen molar-refractivity contribution < 1.29 is 4.79 Å². The van der Waals surface area contributed by atoms with Gasteiger partial charge in [-0.05, 0) is 49.0 Å². The molecular formula is C32H30N8O. The highest BCUT2D eigenvalue weighted by Gasteiger charge is 2.19. The molecule has 1 amide bonds. The molecule has 0 bridgehead atoms. The first-order valence-electron chi connectivity index (χ1n) is 13.8. The summed E-state index contributed by atoms with van der Waals surface area (Å²) >= 11 is 0. The van der Waals surface area contributed by atoms with Crippen molar-refractivity contribution in [3.8, 4) is 22.6 Å². The van der Waals surface area contributed by atoms with Crippen molar-refractivity contribution in [2.75, 3.05) is 43.4 Å². The number of piperazine rings is 1. The number of hydrogen-bond donors (Lipinski definition) is 3. The minimum Gasteiger partial charge on any atom is -0.368 e. The molecule has 0 saturated carbocycles. The second-order valence-electron chi connectivity index (χ2n) is 10.5. The zero-order chi connectivity index (χ0) is 27.8. The van der Waals surface area contributed by atoms with Gasteiger partial charge in [0, 0.05) is 54.5 Å². The molecule has 6 aromatic rings. The molecule has 204 valence electrons. The fourth-order valence-corrected chi connectivity index (χ4v) is 5.47. The lowest BCUT2D eigenvalue weighted by atomic mass is 10.1. The van der Waals surface area contributed by atoms with Crippen molar-refractivity contribution in [2.24, 2.45) is 0 Å². The van der Waals surface area contributed by atoms with Crippen LogP contribution in [0.5, 0.6) is 0 Å². The number of amides is 1. The van der Waals surface area contributed by atoms with Gasteiger partial charge < -0.3 is 20.1 Å². The van der Waals surface area contributed by atoms with E-state index in [1.165, 1.54) is 11.1 Å². The molecule has 41 heavy (non-hydrogen) atoms. The van der Waals surface area contributed by atoms with E-state index in [1.54, 1.807) is 12.4 Å². The molecule has 1 aliphatic rings. The van der Waals surface area contributed by atoms with Crippen LogP contribution in [-0.2, 0) is 11.2 Å². The van der Waals surface area contributed by atoms with E-state index in [-0.39, 0.29) is 5.91 Å². The Morgan fingerprint density at radius 3 is 2.63 bits per heavy atom. The SMILES string of the molecule is CN1CCN(c2cccc3[nH]c(-c4n[nH]c5ccc(-c6cncc(NC(=O)Cc7ccccc7)c6)nc45)cc23)CC1. The number of likely N-dealkylation sites (N-methyl/N-ethyl adjacent to an activating group) is 1. The van der Waals surface area contributed by atoms with Crippen LogP contribution in [0.3, 0.4) is 0 Å². The van der Waals surface area contributed by atoms with Crippen molar-refractivity contribution in [1.29, 1.82) is 0 Å². The number of pyridine rings is 2. The number of nitrogens with zero attached hydrogens (tertiary/aromatic N) is 5. The third-order valence-corrected chi connectivity index (χ3v) is 7.67. The summed E-state index contributed by atoms with van der Waals surface area (Å²) in [7, 11) is 2.17. The lowest BCUT2D eigenvalue weighted by Crippen LogP contribution is -2.44. The minimum absolute atomic E-state index is 0.0922. The summed E-state index contributed by atoms with van der Waals surface area (Å²) in [5.74, 6) is -0.0922. The molecule has 5 heterocycles. The van der Waals surface area contributed by atoms with Gasteiger partial charge in [-0.15, -0.1) is 0 Å². The zero-order valence-electron chi connectivity index (χ0n) is 22.8. The fraction of sp³-hybridized carbons (Fsp3) is 0.188. The number of rotatable bonds is 6. The Hall–Kier alpha value is -5.02. The Kier molecular flexibility index (Phi) is 6.41. The van der Waals surface area contributed by atoms with Gasteiger partial charge in [0.1, 0.15) is 11.2 Å². The molecule has 1 fully saturated rings. The number of aromatic amines is 2. The lowest BCUT2D eigenvalue weighted by Gasteiger charge is -2.34. The summed E-state index contributed by atoms with van der Waals surface area (Å²) in [6.45, 7) is 4.12. The minimum atomic E-state index is -0.0922. The van der Waals surface area contributed by atoms with E-state index in [4.69, 9.17) is 4.98 Å². The number of aromatic nitrogens is 5. The van der Waals surface area contributed by atoms with Gasteiger partial charge in [-0.1, -0.05) is 36.4 Å². The zero-order valence-corrected chi connectivity index (χ0v) is 22.8. The summed E-state index contributed by atoms with van der Waals surface area (Å²) in [5.41, 5.74) is 8.77. The van der Waals surface area contributed by atoms with Crippen molar-refractivity contribution in [3.63, 3.8) is 0 Å².